The number of carboxylic acid groups (broad SMARTS) is 1. The normalized spacial score (nSPS) is 14.1. The van der Waals surface area contributed by atoms with Crippen molar-refractivity contribution >= 4 is 12.1 Å². The number of hydrogen-bond acceptors (Lipinski definition) is 4. The van der Waals surface area contributed by atoms with Gasteiger partial charge in [0, 0.05) is 0 Å². The summed E-state index contributed by atoms with van der Waals surface area (Å²) in [6.07, 6.45) is -3.25. The van der Waals surface area contributed by atoms with Crippen molar-refractivity contribution in [1.82, 2.24) is 5.32 Å². The zero-order valence-electron chi connectivity index (χ0n) is 12.3. The number of rotatable bonds is 4. The van der Waals surface area contributed by atoms with E-state index in [2.05, 4.69) is 0 Å². The van der Waals surface area contributed by atoms with Crippen LogP contribution >= 0.6 is 0 Å². The number of ether oxygens (including phenoxy) is 1. The summed E-state index contributed by atoms with van der Waals surface area (Å²) in [4.78, 5) is 22.7. The van der Waals surface area contributed by atoms with E-state index < -0.39 is 47.0 Å². The largest absolute Gasteiger partial charge is 0.480 e. The van der Waals surface area contributed by atoms with Crippen LogP contribution in [0, 0.1) is 11.6 Å². The van der Waals surface area contributed by atoms with Gasteiger partial charge in [0.25, 0.3) is 0 Å². The second-order valence-electron chi connectivity index (χ2n) is 5.54. The summed E-state index contributed by atoms with van der Waals surface area (Å²) in [6.45, 7) is 4.65. The Labute approximate surface area is 125 Å². The molecule has 1 rings (SSSR count). The van der Waals surface area contributed by atoms with Crippen molar-refractivity contribution in [2.45, 2.75) is 38.5 Å². The van der Waals surface area contributed by atoms with Gasteiger partial charge in [0.1, 0.15) is 23.3 Å². The fourth-order valence-corrected chi connectivity index (χ4v) is 1.67. The number of aliphatic hydroxyl groups excluding tert-OH is 1. The van der Waals surface area contributed by atoms with Gasteiger partial charge in [-0.15, -0.1) is 0 Å². The number of aliphatic carboxylic acids is 1. The van der Waals surface area contributed by atoms with Crippen LogP contribution in [0.15, 0.2) is 18.2 Å². The maximum atomic E-state index is 13.6. The lowest BCUT2D eigenvalue weighted by atomic mass is 10.0. The molecule has 3 N–H and O–H groups in total. The molecule has 0 aliphatic heterocycles. The van der Waals surface area contributed by atoms with E-state index in [0.29, 0.717) is 0 Å². The van der Waals surface area contributed by atoms with Gasteiger partial charge < -0.3 is 20.3 Å². The van der Waals surface area contributed by atoms with Crippen LogP contribution in [0.3, 0.4) is 0 Å². The van der Waals surface area contributed by atoms with Crippen molar-refractivity contribution in [2.75, 3.05) is 0 Å². The summed E-state index contributed by atoms with van der Waals surface area (Å²) in [5, 5.41) is 20.9. The number of carboxylic acids is 1. The quantitative estimate of drug-likeness (QED) is 0.789. The number of nitrogens with one attached hydrogen (secondary N) is 1. The third-order valence-corrected chi connectivity index (χ3v) is 2.55. The zero-order valence-corrected chi connectivity index (χ0v) is 12.3. The minimum atomic E-state index is -2.12. The van der Waals surface area contributed by atoms with E-state index in [1.165, 1.54) is 0 Å². The lowest BCUT2D eigenvalue weighted by Gasteiger charge is -2.24. The second kappa shape index (κ2) is 6.69. The number of carbonyl (C=O) groups is 2. The van der Waals surface area contributed by atoms with Gasteiger partial charge in [0.15, 0.2) is 6.04 Å². The summed E-state index contributed by atoms with van der Waals surface area (Å²) in [5.41, 5.74) is -1.74. The van der Waals surface area contributed by atoms with Crippen molar-refractivity contribution in [3.8, 4) is 0 Å². The van der Waals surface area contributed by atoms with Gasteiger partial charge in [0.05, 0.1) is 5.56 Å². The molecule has 0 fully saturated rings. The fourth-order valence-electron chi connectivity index (χ4n) is 1.67. The predicted molar refractivity (Wildman–Crippen MR) is 72.1 cm³/mol. The molecule has 122 valence electrons. The monoisotopic (exact) mass is 317 g/mol. The van der Waals surface area contributed by atoms with E-state index in [0.717, 1.165) is 18.2 Å². The first-order chi connectivity index (χ1) is 10.0. The molecule has 0 unspecified atom stereocenters. The van der Waals surface area contributed by atoms with E-state index in [4.69, 9.17) is 9.84 Å². The van der Waals surface area contributed by atoms with Gasteiger partial charge in [-0.1, -0.05) is 6.07 Å². The van der Waals surface area contributed by atoms with Crippen LogP contribution in [0.4, 0.5) is 13.6 Å². The van der Waals surface area contributed by atoms with E-state index in [-0.39, 0.29) is 0 Å². The molecule has 0 aliphatic rings. The van der Waals surface area contributed by atoms with Crippen LogP contribution in [0.5, 0.6) is 0 Å². The van der Waals surface area contributed by atoms with Crippen molar-refractivity contribution in [3.05, 3.63) is 35.4 Å². The molecule has 22 heavy (non-hydrogen) atoms. The first-order valence-electron chi connectivity index (χ1n) is 6.37. The molecule has 0 heterocycles. The Balaban J connectivity index is 3.01. The molecule has 0 radical (unpaired) electrons. The summed E-state index contributed by atoms with van der Waals surface area (Å²) in [6, 6.07) is 0.834. The molecule has 2 atom stereocenters. The summed E-state index contributed by atoms with van der Waals surface area (Å²) < 4.78 is 32.0. The highest BCUT2D eigenvalue weighted by Crippen LogP contribution is 2.24. The Morgan fingerprint density at radius 3 is 2.14 bits per heavy atom. The smallest absolute Gasteiger partial charge is 0.408 e. The minimum Gasteiger partial charge on any atom is -0.480 e. The SMILES string of the molecule is CC(C)(C)OC(=O)N[C@H](C(=O)O)[C@H](O)c1c(F)cccc1F. The molecular formula is C14H17F2NO5. The lowest BCUT2D eigenvalue weighted by Crippen LogP contribution is -2.47. The van der Waals surface area contributed by atoms with Crippen LogP contribution in [0.25, 0.3) is 0 Å². The van der Waals surface area contributed by atoms with E-state index in [1.807, 2.05) is 5.32 Å². The van der Waals surface area contributed by atoms with Crippen molar-refractivity contribution in [1.29, 1.82) is 0 Å². The lowest BCUT2D eigenvalue weighted by molar-refractivity contribution is -0.142. The Bertz CT molecular complexity index is 551. The van der Waals surface area contributed by atoms with Crippen molar-refractivity contribution < 1.29 is 33.3 Å². The highest BCUT2D eigenvalue weighted by Gasteiger charge is 2.34. The molecule has 1 aromatic carbocycles. The standard InChI is InChI=1S/C14H17F2NO5/c1-14(2,3)22-13(21)17-10(12(19)20)11(18)9-7(15)5-4-6-8(9)16/h4-6,10-11,18H,1-3H3,(H,17,21)(H,19,20)/t10-,11+/m0/s1. The Hall–Kier alpha value is -2.22. The molecule has 0 saturated heterocycles. The van der Waals surface area contributed by atoms with Gasteiger partial charge in [-0.05, 0) is 32.9 Å². The summed E-state index contributed by atoms with van der Waals surface area (Å²) in [5.74, 6) is -3.91. The van der Waals surface area contributed by atoms with Crippen LogP contribution in [-0.4, -0.2) is 33.9 Å². The van der Waals surface area contributed by atoms with E-state index in [9.17, 15) is 23.5 Å². The molecule has 0 bridgehead atoms. The second-order valence-corrected chi connectivity index (χ2v) is 5.54. The maximum Gasteiger partial charge on any atom is 0.408 e. The Kier molecular flexibility index (Phi) is 5.43. The number of amides is 1. The maximum absolute atomic E-state index is 13.6. The average Bonchev–Trinajstić information content (AvgIpc) is 2.33. The summed E-state index contributed by atoms with van der Waals surface area (Å²) >= 11 is 0. The first-order valence-corrected chi connectivity index (χ1v) is 6.37. The average molecular weight is 317 g/mol. The van der Waals surface area contributed by atoms with Crippen LogP contribution < -0.4 is 5.32 Å². The predicted octanol–water partition coefficient (Wildman–Crippen LogP) is 1.98. The van der Waals surface area contributed by atoms with Gasteiger partial charge >= 0.3 is 12.1 Å². The van der Waals surface area contributed by atoms with Gasteiger partial charge in [-0.25, -0.2) is 18.4 Å². The zero-order chi connectivity index (χ0) is 17.1. The number of carbonyl (C=O) groups excluding carboxylic acids is 1. The van der Waals surface area contributed by atoms with Crippen LogP contribution in [0.1, 0.15) is 32.4 Å². The molecule has 1 aromatic rings. The molecule has 6 nitrogen and oxygen atoms in total. The highest BCUT2D eigenvalue weighted by atomic mass is 19.1. The minimum absolute atomic E-state index is 0.842. The number of benzene rings is 1. The Morgan fingerprint density at radius 1 is 1.23 bits per heavy atom. The first kappa shape index (κ1) is 17.8. The van der Waals surface area contributed by atoms with Crippen molar-refractivity contribution in [2.24, 2.45) is 0 Å². The van der Waals surface area contributed by atoms with Gasteiger partial charge in [-0.2, -0.15) is 0 Å². The summed E-state index contributed by atoms with van der Waals surface area (Å²) in [7, 11) is 0. The van der Waals surface area contributed by atoms with Gasteiger partial charge in [0.2, 0.25) is 0 Å². The molecule has 0 saturated carbocycles. The molecule has 0 aromatic heterocycles. The number of aliphatic hydroxyl groups is 1. The van der Waals surface area contributed by atoms with E-state index >= 15 is 0 Å². The number of hydrogen-bond donors (Lipinski definition) is 3. The molecule has 0 spiro atoms. The third kappa shape index (κ3) is 4.66. The molecular weight excluding hydrogens is 300 g/mol. The number of alkyl carbamates (subject to hydrolysis) is 1. The Morgan fingerprint density at radius 2 is 1.73 bits per heavy atom. The van der Waals surface area contributed by atoms with Crippen LogP contribution in [-0.2, 0) is 9.53 Å². The highest BCUT2D eigenvalue weighted by molar-refractivity contribution is 5.80. The van der Waals surface area contributed by atoms with Crippen LogP contribution in [0.2, 0.25) is 0 Å². The third-order valence-electron chi connectivity index (χ3n) is 2.55. The molecule has 0 aliphatic carbocycles. The molecule has 8 heteroatoms. The number of halogens is 2. The van der Waals surface area contributed by atoms with Gasteiger partial charge in [-0.3, -0.25) is 0 Å². The topological polar surface area (TPSA) is 95.9 Å². The van der Waals surface area contributed by atoms with Crippen molar-refractivity contribution in [3.63, 3.8) is 0 Å². The van der Waals surface area contributed by atoms with E-state index in [1.54, 1.807) is 20.8 Å². The molecule has 1 amide bonds. The fraction of sp³-hybridized carbons (Fsp3) is 0.429.